The number of hydrogen-bond acceptors (Lipinski definition) is 4. The van der Waals surface area contributed by atoms with Crippen molar-refractivity contribution in [2.75, 3.05) is 6.26 Å². The van der Waals surface area contributed by atoms with Crippen molar-refractivity contribution >= 4 is 23.1 Å². The highest BCUT2D eigenvalue weighted by Crippen LogP contribution is 2.23. The van der Waals surface area contributed by atoms with Crippen LogP contribution in [0.4, 0.5) is 0 Å². The number of ether oxygens (including phenoxy) is 2. The van der Waals surface area contributed by atoms with Crippen molar-refractivity contribution in [2.24, 2.45) is 0 Å². The first-order valence-electron chi connectivity index (χ1n) is 10.6. The van der Waals surface area contributed by atoms with Gasteiger partial charge in [0.05, 0.1) is 0 Å². The fourth-order valence-corrected chi connectivity index (χ4v) is 3.05. The Morgan fingerprint density at radius 1 is 1.25 bits per heavy atom. The van der Waals surface area contributed by atoms with Crippen LogP contribution in [-0.2, 0) is 4.74 Å². The zero-order valence-corrected chi connectivity index (χ0v) is 22.2. The second-order valence-electron chi connectivity index (χ2n) is 6.00. The average Bonchev–Trinajstić information content (AvgIpc) is 3.04. The summed E-state index contributed by atoms with van der Waals surface area (Å²) in [5.74, 6) is 2.48. The third kappa shape index (κ3) is 17.3. The van der Waals surface area contributed by atoms with E-state index in [-0.39, 0.29) is 6.10 Å². The molecule has 1 unspecified atom stereocenters. The van der Waals surface area contributed by atoms with Crippen LogP contribution in [0.15, 0.2) is 109 Å². The highest BCUT2D eigenvalue weighted by molar-refractivity contribution is 8.02. The van der Waals surface area contributed by atoms with Gasteiger partial charge in [0.2, 0.25) is 0 Å². The van der Waals surface area contributed by atoms with E-state index in [1.165, 1.54) is 9.78 Å². The minimum Gasteiger partial charge on any atom is -0.487 e. The molecule has 0 saturated carbocycles. The lowest BCUT2D eigenvalue weighted by Gasteiger charge is -2.11. The van der Waals surface area contributed by atoms with Crippen molar-refractivity contribution in [3.05, 3.63) is 114 Å². The fourth-order valence-electron chi connectivity index (χ4n) is 2.12. The van der Waals surface area contributed by atoms with Crippen LogP contribution in [0.3, 0.4) is 0 Å². The Morgan fingerprint density at radius 2 is 1.94 bits per heavy atom. The summed E-state index contributed by atoms with van der Waals surface area (Å²) in [6.07, 6.45) is 20.7. The number of hydrogen-bond donors (Lipinski definition) is 0. The first-order chi connectivity index (χ1) is 15.4. The monoisotopic (exact) mass is 472 g/mol. The third-order valence-electron chi connectivity index (χ3n) is 3.44. The SMILES string of the molecule is C=C.C=C/C=C\C(=C)OC(C)/C=C(/C)SC.CC.Cc1cc(OC2=CC=CCC=C2)cs1. The zero-order chi connectivity index (χ0) is 24.8. The Morgan fingerprint density at radius 3 is 2.50 bits per heavy atom. The molecular formula is C28H40O2S2. The van der Waals surface area contributed by atoms with Gasteiger partial charge in [-0.05, 0) is 68.7 Å². The maximum Gasteiger partial charge on any atom is 0.138 e. The number of thioether (sulfide) groups is 1. The fraction of sp³-hybridized carbons (Fsp3) is 0.286. The highest BCUT2D eigenvalue weighted by Gasteiger charge is 2.00. The quantitative estimate of drug-likeness (QED) is 0.213. The Hall–Kier alpha value is -2.43. The third-order valence-corrected chi connectivity index (χ3v) is 5.06. The number of rotatable bonds is 8. The van der Waals surface area contributed by atoms with E-state index in [9.17, 15) is 0 Å². The van der Waals surface area contributed by atoms with Crippen molar-refractivity contribution in [3.63, 3.8) is 0 Å². The van der Waals surface area contributed by atoms with Gasteiger partial charge in [0.15, 0.2) is 0 Å². The molecule has 0 radical (unpaired) electrons. The summed E-state index contributed by atoms with van der Waals surface area (Å²) in [4.78, 5) is 2.52. The molecular weight excluding hydrogens is 432 g/mol. The maximum atomic E-state index is 5.69. The molecule has 1 aliphatic carbocycles. The minimum absolute atomic E-state index is 0.0596. The molecule has 1 atom stereocenters. The van der Waals surface area contributed by atoms with E-state index in [0.29, 0.717) is 5.76 Å². The van der Waals surface area contributed by atoms with E-state index < -0.39 is 0 Å². The first-order valence-corrected chi connectivity index (χ1v) is 12.7. The highest BCUT2D eigenvalue weighted by atomic mass is 32.2. The van der Waals surface area contributed by atoms with Crippen molar-refractivity contribution < 1.29 is 9.47 Å². The zero-order valence-electron chi connectivity index (χ0n) is 20.6. The molecule has 0 aliphatic heterocycles. The average molecular weight is 473 g/mol. The number of aryl methyl sites for hydroxylation is 1. The van der Waals surface area contributed by atoms with Gasteiger partial charge in [0.1, 0.15) is 23.4 Å². The summed E-state index contributed by atoms with van der Waals surface area (Å²) < 4.78 is 11.2. The molecule has 32 heavy (non-hydrogen) atoms. The van der Waals surface area contributed by atoms with E-state index in [4.69, 9.17) is 9.47 Å². The van der Waals surface area contributed by atoms with Gasteiger partial charge in [-0.15, -0.1) is 36.3 Å². The summed E-state index contributed by atoms with van der Waals surface area (Å²) in [7, 11) is 0. The van der Waals surface area contributed by atoms with Gasteiger partial charge < -0.3 is 9.47 Å². The molecule has 4 heteroatoms. The van der Waals surface area contributed by atoms with Crippen LogP contribution in [-0.4, -0.2) is 12.4 Å². The Bertz CT molecular complexity index is 792. The lowest BCUT2D eigenvalue weighted by atomic mass is 10.3. The predicted octanol–water partition coefficient (Wildman–Crippen LogP) is 9.58. The molecule has 1 aromatic rings. The van der Waals surface area contributed by atoms with E-state index >= 15 is 0 Å². The summed E-state index contributed by atoms with van der Waals surface area (Å²) in [5, 5.41) is 2.03. The van der Waals surface area contributed by atoms with Crippen molar-refractivity contribution in [1.82, 2.24) is 0 Å². The Balaban J connectivity index is 0. The summed E-state index contributed by atoms with van der Waals surface area (Å²) in [5.41, 5.74) is 0. The molecule has 176 valence electrons. The van der Waals surface area contributed by atoms with Crippen molar-refractivity contribution in [1.29, 1.82) is 0 Å². The van der Waals surface area contributed by atoms with E-state index in [2.05, 4.69) is 58.4 Å². The van der Waals surface area contributed by atoms with Gasteiger partial charge in [-0.25, -0.2) is 0 Å². The molecule has 0 fully saturated rings. The summed E-state index contributed by atoms with van der Waals surface area (Å²) in [6, 6.07) is 2.05. The summed E-state index contributed by atoms with van der Waals surface area (Å²) in [6.45, 7) is 23.5. The van der Waals surface area contributed by atoms with Crippen LogP contribution in [0.1, 0.15) is 39.0 Å². The molecule has 2 rings (SSSR count). The van der Waals surface area contributed by atoms with Gasteiger partial charge >= 0.3 is 0 Å². The Labute approximate surface area is 205 Å². The molecule has 1 aliphatic rings. The number of thiophene rings is 1. The van der Waals surface area contributed by atoms with Gasteiger partial charge in [0.25, 0.3) is 0 Å². The van der Waals surface area contributed by atoms with Gasteiger partial charge in [-0.1, -0.05) is 57.4 Å². The minimum atomic E-state index is 0.0596. The second kappa shape index (κ2) is 21.8. The van der Waals surface area contributed by atoms with E-state index in [0.717, 1.165) is 17.9 Å². The van der Waals surface area contributed by atoms with Crippen molar-refractivity contribution in [2.45, 2.75) is 47.1 Å². The van der Waals surface area contributed by atoms with Crippen LogP contribution in [0.5, 0.6) is 5.75 Å². The normalized spacial score (nSPS) is 13.1. The molecule has 0 bridgehead atoms. The largest absolute Gasteiger partial charge is 0.487 e. The first kappa shape index (κ1) is 31.8. The smallest absolute Gasteiger partial charge is 0.138 e. The molecule has 0 aromatic carbocycles. The predicted molar refractivity (Wildman–Crippen MR) is 150 cm³/mol. The molecule has 0 spiro atoms. The number of allylic oxidation sites excluding steroid dienone is 9. The van der Waals surface area contributed by atoms with E-state index in [1.54, 1.807) is 41.3 Å². The topological polar surface area (TPSA) is 18.5 Å². The Kier molecular flexibility index (Phi) is 21.6. The van der Waals surface area contributed by atoms with Gasteiger partial charge in [0, 0.05) is 10.3 Å². The van der Waals surface area contributed by atoms with Crippen LogP contribution in [0.2, 0.25) is 0 Å². The van der Waals surface area contributed by atoms with Crippen molar-refractivity contribution in [3.8, 4) is 5.75 Å². The lowest BCUT2D eigenvalue weighted by molar-refractivity contribution is 0.182. The van der Waals surface area contributed by atoms with Crippen LogP contribution >= 0.6 is 23.1 Å². The standard InChI is InChI=1S/C12H12OS.C12H18OS.C2H6.C2H4/c1-10-8-12(9-14-10)13-11-6-4-2-3-5-7-11;1-6-7-8-10(2)13-11(3)9-12(4)14-5;2*1-2/h2,4-9H,3H2,1H3;6-9,11H,1-2H2,3-5H3;1-2H3;1-2H2/b;8-7-,12-9-;;. The maximum absolute atomic E-state index is 5.69. The van der Waals surface area contributed by atoms with Crippen LogP contribution in [0.25, 0.3) is 0 Å². The molecule has 0 amide bonds. The summed E-state index contributed by atoms with van der Waals surface area (Å²) >= 11 is 3.42. The van der Waals surface area contributed by atoms with Crippen LogP contribution in [0, 0.1) is 6.92 Å². The molecule has 0 N–H and O–H groups in total. The van der Waals surface area contributed by atoms with E-state index in [1.807, 2.05) is 56.7 Å². The van der Waals surface area contributed by atoms with Crippen LogP contribution < -0.4 is 4.74 Å². The molecule has 1 heterocycles. The van der Waals surface area contributed by atoms with Gasteiger partial charge in [-0.2, -0.15) is 0 Å². The molecule has 0 saturated heterocycles. The van der Waals surface area contributed by atoms with Gasteiger partial charge in [-0.3, -0.25) is 0 Å². The molecule has 2 nitrogen and oxygen atoms in total. The molecule has 1 aromatic heterocycles. The second-order valence-corrected chi connectivity index (χ2v) is 8.16. The lowest BCUT2D eigenvalue weighted by Crippen LogP contribution is -2.02.